The van der Waals surface area contributed by atoms with Gasteiger partial charge in [-0.15, -0.1) is 0 Å². The van der Waals surface area contributed by atoms with Crippen molar-refractivity contribution >= 4 is 23.4 Å². The van der Waals surface area contributed by atoms with Crippen molar-refractivity contribution in [3.8, 4) is 0 Å². The van der Waals surface area contributed by atoms with Gasteiger partial charge in [0.15, 0.2) is 5.16 Å². The third-order valence-electron chi connectivity index (χ3n) is 3.63. The quantitative estimate of drug-likeness (QED) is 0.785. The molecule has 0 bridgehead atoms. The van der Waals surface area contributed by atoms with Gasteiger partial charge in [-0.1, -0.05) is 11.8 Å². The molecule has 1 amide bonds. The molecule has 1 fully saturated rings. The van der Waals surface area contributed by atoms with E-state index in [0.29, 0.717) is 5.92 Å². The summed E-state index contributed by atoms with van der Waals surface area (Å²) < 4.78 is 0. The van der Waals surface area contributed by atoms with Crippen LogP contribution in [0.3, 0.4) is 0 Å². The number of carbonyl (C=O) groups excluding carboxylic acids is 1. The van der Waals surface area contributed by atoms with Gasteiger partial charge >= 0.3 is 0 Å². The fourth-order valence-corrected chi connectivity index (χ4v) is 2.79. The molecule has 0 saturated heterocycles. The highest BCUT2D eigenvalue weighted by Crippen LogP contribution is 2.38. The number of hydrogen-bond acceptors (Lipinski definition) is 5. The van der Waals surface area contributed by atoms with Gasteiger partial charge in [-0.05, 0) is 49.9 Å². The van der Waals surface area contributed by atoms with Crippen LogP contribution in [0.5, 0.6) is 0 Å². The minimum absolute atomic E-state index is 0.124. The number of nitrogens with one attached hydrogen (secondary N) is 2. The summed E-state index contributed by atoms with van der Waals surface area (Å²) >= 11 is 1.48. The number of carbonyl (C=O) groups is 1. The molecule has 0 aliphatic heterocycles. The molecule has 1 aromatic heterocycles. The van der Waals surface area contributed by atoms with Gasteiger partial charge in [-0.25, -0.2) is 4.98 Å². The second-order valence-corrected chi connectivity index (χ2v) is 6.49. The first-order valence-electron chi connectivity index (χ1n) is 6.79. The van der Waals surface area contributed by atoms with Crippen LogP contribution < -0.4 is 11.1 Å². The first-order valence-corrected chi connectivity index (χ1v) is 7.61. The van der Waals surface area contributed by atoms with Crippen molar-refractivity contribution in [2.24, 2.45) is 11.7 Å². The van der Waals surface area contributed by atoms with E-state index in [1.165, 1.54) is 18.1 Å². The monoisotopic (exact) mass is 303 g/mol. The van der Waals surface area contributed by atoms with Crippen LogP contribution in [0.25, 0.3) is 0 Å². The summed E-state index contributed by atoms with van der Waals surface area (Å²) in [6, 6.07) is 7.57. The lowest BCUT2D eigenvalue weighted by Gasteiger charge is -2.23. The Balaban J connectivity index is 1.63. The van der Waals surface area contributed by atoms with Crippen molar-refractivity contribution in [2.75, 3.05) is 5.32 Å². The van der Waals surface area contributed by atoms with E-state index in [1.807, 2.05) is 24.3 Å². The number of benzene rings is 1. The number of H-pyrrole nitrogens is 1. The zero-order chi connectivity index (χ0) is 14.9. The Kier molecular flexibility index (Phi) is 3.69. The molecule has 4 N–H and O–H groups in total. The Labute approximate surface area is 126 Å². The van der Waals surface area contributed by atoms with E-state index >= 15 is 0 Å². The average molecular weight is 303 g/mol. The predicted octanol–water partition coefficient (Wildman–Crippen LogP) is 2.02. The van der Waals surface area contributed by atoms with Crippen molar-refractivity contribution in [3.63, 3.8) is 0 Å². The van der Waals surface area contributed by atoms with E-state index in [9.17, 15) is 4.79 Å². The second-order valence-electron chi connectivity index (χ2n) is 5.43. The SMILES string of the molecule is CC(N)(C(=O)Nc1ccc(Sc2ncn[nH]2)cc1)C1CC1. The van der Waals surface area contributed by atoms with E-state index in [1.54, 1.807) is 6.92 Å². The Morgan fingerprint density at radius 3 is 2.71 bits per heavy atom. The topological polar surface area (TPSA) is 96.7 Å². The maximum absolute atomic E-state index is 12.2. The van der Waals surface area contributed by atoms with Gasteiger partial charge in [0.25, 0.3) is 0 Å². The van der Waals surface area contributed by atoms with Crippen LogP contribution in [0, 0.1) is 5.92 Å². The minimum Gasteiger partial charge on any atom is -0.324 e. The van der Waals surface area contributed by atoms with Gasteiger partial charge in [0, 0.05) is 10.6 Å². The standard InChI is InChI=1S/C14H17N5OS/c1-14(15,9-2-3-9)12(20)18-10-4-6-11(7-5-10)21-13-16-8-17-19-13/h4-9H,2-3,15H2,1H3,(H,18,20)(H,16,17,19). The molecule has 0 radical (unpaired) electrons. The number of anilines is 1. The third-order valence-corrected chi connectivity index (χ3v) is 4.53. The third kappa shape index (κ3) is 3.25. The van der Waals surface area contributed by atoms with E-state index < -0.39 is 5.54 Å². The molecule has 1 saturated carbocycles. The molecule has 0 spiro atoms. The van der Waals surface area contributed by atoms with Crippen LogP contribution in [0.2, 0.25) is 0 Å². The van der Waals surface area contributed by atoms with E-state index in [0.717, 1.165) is 28.6 Å². The van der Waals surface area contributed by atoms with Crippen LogP contribution in [0.1, 0.15) is 19.8 Å². The smallest absolute Gasteiger partial charge is 0.244 e. The molecule has 6 nitrogen and oxygen atoms in total. The summed E-state index contributed by atoms with van der Waals surface area (Å²) in [7, 11) is 0. The Morgan fingerprint density at radius 1 is 1.43 bits per heavy atom. The summed E-state index contributed by atoms with van der Waals surface area (Å²) in [6.45, 7) is 1.80. The number of rotatable bonds is 5. The molecular weight excluding hydrogens is 286 g/mol. The maximum atomic E-state index is 12.2. The lowest BCUT2D eigenvalue weighted by atomic mass is 9.96. The predicted molar refractivity (Wildman–Crippen MR) is 80.9 cm³/mol. The molecule has 1 heterocycles. The first-order chi connectivity index (χ1) is 10.1. The summed E-state index contributed by atoms with van der Waals surface area (Å²) in [6.07, 6.45) is 3.54. The van der Waals surface area contributed by atoms with Crippen molar-refractivity contribution < 1.29 is 4.79 Å². The minimum atomic E-state index is -0.784. The number of nitrogens with two attached hydrogens (primary N) is 1. The van der Waals surface area contributed by atoms with Crippen LogP contribution in [0.4, 0.5) is 5.69 Å². The largest absolute Gasteiger partial charge is 0.324 e. The molecular formula is C14H17N5OS. The summed E-state index contributed by atoms with van der Waals surface area (Å²) in [4.78, 5) is 17.3. The van der Waals surface area contributed by atoms with E-state index in [-0.39, 0.29) is 5.91 Å². The number of aromatic nitrogens is 3. The second kappa shape index (κ2) is 5.50. The molecule has 1 aliphatic carbocycles. The van der Waals surface area contributed by atoms with Gasteiger partial charge in [0.05, 0.1) is 5.54 Å². The number of amides is 1. The molecule has 1 aliphatic rings. The summed E-state index contributed by atoms with van der Waals surface area (Å²) in [5.41, 5.74) is 6.06. The van der Waals surface area contributed by atoms with Gasteiger partial charge < -0.3 is 11.1 Å². The van der Waals surface area contributed by atoms with Gasteiger partial charge in [0.1, 0.15) is 6.33 Å². The fraction of sp³-hybridized carbons (Fsp3) is 0.357. The maximum Gasteiger partial charge on any atom is 0.244 e. The fourth-order valence-electron chi connectivity index (χ4n) is 2.10. The lowest BCUT2D eigenvalue weighted by molar-refractivity contribution is -0.121. The van der Waals surface area contributed by atoms with Crippen molar-refractivity contribution in [3.05, 3.63) is 30.6 Å². The zero-order valence-electron chi connectivity index (χ0n) is 11.7. The highest BCUT2D eigenvalue weighted by atomic mass is 32.2. The Hall–Kier alpha value is -1.86. The normalized spacial score (nSPS) is 17.2. The highest BCUT2D eigenvalue weighted by Gasteiger charge is 2.44. The molecule has 110 valence electrons. The molecule has 1 atom stereocenters. The van der Waals surface area contributed by atoms with Gasteiger partial charge in [-0.2, -0.15) is 5.10 Å². The average Bonchev–Trinajstić information content (AvgIpc) is 3.21. The van der Waals surface area contributed by atoms with Gasteiger partial charge in [-0.3, -0.25) is 9.89 Å². The van der Waals surface area contributed by atoms with Crippen LogP contribution in [-0.2, 0) is 4.79 Å². The van der Waals surface area contributed by atoms with Crippen LogP contribution >= 0.6 is 11.8 Å². The Bertz CT molecular complexity index is 619. The van der Waals surface area contributed by atoms with Gasteiger partial charge in [0.2, 0.25) is 5.91 Å². The van der Waals surface area contributed by atoms with Crippen molar-refractivity contribution in [1.82, 2.24) is 15.2 Å². The molecule has 1 unspecified atom stereocenters. The number of nitrogens with zero attached hydrogens (tertiary/aromatic N) is 2. The van der Waals surface area contributed by atoms with Crippen LogP contribution in [-0.4, -0.2) is 26.6 Å². The summed E-state index contributed by atoms with van der Waals surface area (Å²) in [5.74, 6) is 0.180. The van der Waals surface area contributed by atoms with E-state index in [4.69, 9.17) is 5.73 Å². The first kappa shape index (κ1) is 14.1. The highest BCUT2D eigenvalue weighted by molar-refractivity contribution is 7.99. The van der Waals surface area contributed by atoms with Crippen molar-refractivity contribution in [1.29, 1.82) is 0 Å². The zero-order valence-corrected chi connectivity index (χ0v) is 12.5. The van der Waals surface area contributed by atoms with Crippen molar-refractivity contribution in [2.45, 2.75) is 35.4 Å². The Morgan fingerprint density at radius 2 is 2.14 bits per heavy atom. The van der Waals surface area contributed by atoms with E-state index in [2.05, 4.69) is 20.5 Å². The molecule has 7 heteroatoms. The number of hydrogen-bond donors (Lipinski definition) is 3. The lowest BCUT2D eigenvalue weighted by Crippen LogP contribution is -2.50. The number of aromatic amines is 1. The molecule has 21 heavy (non-hydrogen) atoms. The molecule has 2 aromatic rings. The summed E-state index contributed by atoms with van der Waals surface area (Å²) in [5, 5.41) is 10.2. The molecule has 3 rings (SSSR count). The molecule has 1 aromatic carbocycles. The van der Waals surface area contributed by atoms with Crippen LogP contribution in [0.15, 0.2) is 40.6 Å².